The molecule has 8 heteroatoms. The Labute approximate surface area is 168 Å². The number of benzene rings is 2. The van der Waals surface area contributed by atoms with Crippen LogP contribution in [0.1, 0.15) is 17.3 Å². The van der Waals surface area contributed by atoms with E-state index in [1.165, 1.54) is 11.9 Å². The highest BCUT2D eigenvalue weighted by atomic mass is 35.5. The highest BCUT2D eigenvalue weighted by molar-refractivity contribution is 6.30. The maximum atomic E-state index is 12.1. The molecule has 28 heavy (non-hydrogen) atoms. The summed E-state index contributed by atoms with van der Waals surface area (Å²) in [6.07, 6.45) is 0. The molecule has 7 nitrogen and oxygen atoms in total. The van der Waals surface area contributed by atoms with Crippen molar-refractivity contribution in [2.24, 2.45) is 0 Å². The zero-order chi connectivity index (χ0) is 20.5. The van der Waals surface area contributed by atoms with Crippen LogP contribution in [0.4, 0.5) is 5.69 Å². The fraction of sp³-hybridized carbons (Fsp3) is 0.250. The van der Waals surface area contributed by atoms with Crippen molar-refractivity contribution in [1.82, 2.24) is 10.2 Å². The number of ether oxygens (including phenoxy) is 1. The largest absolute Gasteiger partial charge is 0.494 e. The van der Waals surface area contributed by atoms with Gasteiger partial charge in [0.2, 0.25) is 11.8 Å². The number of carbonyl (C=O) groups excluding carboxylic acids is 3. The van der Waals surface area contributed by atoms with Gasteiger partial charge in [-0.15, -0.1) is 0 Å². The van der Waals surface area contributed by atoms with E-state index in [0.717, 1.165) is 0 Å². The van der Waals surface area contributed by atoms with Crippen molar-refractivity contribution in [3.63, 3.8) is 0 Å². The summed E-state index contributed by atoms with van der Waals surface area (Å²) in [5.41, 5.74) is 0.999. The Balaban J connectivity index is 1.78. The Hall–Kier alpha value is -3.06. The van der Waals surface area contributed by atoms with Crippen LogP contribution in [0.3, 0.4) is 0 Å². The molecule has 0 atom stereocenters. The second-order valence-electron chi connectivity index (χ2n) is 5.94. The van der Waals surface area contributed by atoms with Crippen LogP contribution in [-0.4, -0.2) is 49.4 Å². The van der Waals surface area contributed by atoms with Crippen molar-refractivity contribution in [3.05, 3.63) is 59.1 Å². The number of likely N-dealkylation sites (N-methyl/N-ethyl adjacent to an activating group) is 1. The lowest BCUT2D eigenvalue weighted by atomic mass is 10.2. The number of amides is 3. The van der Waals surface area contributed by atoms with Crippen LogP contribution in [0.15, 0.2) is 48.5 Å². The first kappa shape index (κ1) is 21.2. The molecule has 0 aliphatic carbocycles. The predicted octanol–water partition coefficient (Wildman–Crippen LogP) is 2.57. The molecule has 2 aromatic carbocycles. The van der Waals surface area contributed by atoms with E-state index < -0.39 is 0 Å². The maximum absolute atomic E-state index is 12.1. The maximum Gasteiger partial charge on any atom is 0.251 e. The van der Waals surface area contributed by atoms with Crippen LogP contribution in [-0.2, 0) is 9.59 Å². The van der Waals surface area contributed by atoms with Crippen molar-refractivity contribution >= 4 is 35.0 Å². The average molecular weight is 404 g/mol. The fourth-order valence-corrected chi connectivity index (χ4v) is 2.43. The first-order chi connectivity index (χ1) is 13.4. The van der Waals surface area contributed by atoms with Crippen LogP contribution in [0.5, 0.6) is 5.75 Å². The second-order valence-corrected chi connectivity index (χ2v) is 6.38. The summed E-state index contributed by atoms with van der Waals surface area (Å²) in [4.78, 5) is 37.5. The van der Waals surface area contributed by atoms with E-state index in [0.29, 0.717) is 28.6 Å². The highest BCUT2D eigenvalue weighted by Crippen LogP contribution is 2.13. The molecule has 0 bridgehead atoms. The number of anilines is 1. The number of hydrogen-bond acceptors (Lipinski definition) is 4. The SMILES string of the molecule is CCOc1ccc(C(=O)NCC(=O)N(C)CC(=O)Nc2ccc(Cl)cc2)cc1. The molecule has 0 radical (unpaired) electrons. The minimum atomic E-state index is -0.384. The molecule has 0 aliphatic rings. The summed E-state index contributed by atoms with van der Waals surface area (Å²) in [6, 6.07) is 13.3. The first-order valence-electron chi connectivity index (χ1n) is 8.69. The molecule has 0 aromatic heterocycles. The Kier molecular flexibility index (Phi) is 7.83. The lowest BCUT2D eigenvalue weighted by Gasteiger charge is -2.17. The van der Waals surface area contributed by atoms with Crippen LogP contribution in [0.2, 0.25) is 5.02 Å². The summed E-state index contributed by atoms with van der Waals surface area (Å²) < 4.78 is 5.32. The Morgan fingerprint density at radius 1 is 1.04 bits per heavy atom. The normalized spacial score (nSPS) is 10.1. The van der Waals surface area contributed by atoms with Gasteiger partial charge in [0.1, 0.15) is 5.75 Å². The Bertz CT molecular complexity index is 822. The van der Waals surface area contributed by atoms with Gasteiger partial charge >= 0.3 is 0 Å². The number of hydrogen-bond donors (Lipinski definition) is 2. The molecule has 0 aliphatic heterocycles. The molecule has 0 saturated carbocycles. The van der Waals surface area contributed by atoms with Crippen LogP contribution < -0.4 is 15.4 Å². The lowest BCUT2D eigenvalue weighted by molar-refractivity contribution is -0.132. The molecule has 0 fully saturated rings. The van der Waals surface area contributed by atoms with E-state index >= 15 is 0 Å². The molecule has 3 amide bonds. The van der Waals surface area contributed by atoms with E-state index in [4.69, 9.17) is 16.3 Å². The number of halogens is 1. The van der Waals surface area contributed by atoms with E-state index in [1.807, 2.05) is 6.92 Å². The zero-order valence-corrected chi connectivity index (χ0v) is 16.5. The molecule has 2 N–H and O–H groups in total. The van der Waals surface area contributed by atoms with Gasteiger partial charge in [-0.2, -0.15) is 0 Å². The predicted molar refractivity (Wildman–Crippen MR) is 108 cm³/mol. The van der Waals surface area contributed by atoms with Gasteiger partial charge in [-0.05, 0) is 55.5 Å². The van der Waals surface area contributed by atoms with Crippen molar-refractivity contribution < 1.29 is 19.1 Å². The molecule has 2 aromatic rings. The number of nitrogens with one attached hydrogen (secondary N) is 2. The zero-order valence-electron chi connectivity index (χ0n) is 15.7. The molecule has 0 unspecified atom stereocenters. The minimum absolute atomic E-state index is 0.139. The van der Waals surface area contributed by atoms with Gasteiger partial charge in [0.05, 0.1) is 19.7 Å². The smallest absolute Gasteiger partial charge is 0.251 e. The quantitative estimate of drug-likeness (QED) is 0.709. The van der Waals surface area contributed by atoms with Gasteiger partial charge in [0.15, 0.2) is 0 Å². The summed E-state index contributed by atoms with van der Waals surface area (Å²) in [5, 5.41) is 5.78. The van der Waals surface area contributed by atoms with E-state index in [2.05, 4.69) is 10.6 Å². The number of nitrogens with zero attached hydrogens (tertiary/aromatic N) is 1. The standard InChI is InChI=1S/C20H22ClN3O4/c1-3-28-17-10-4-14(5-11-17)20(27)22-12-19(26)24(2)13-18(25)23-16-8-6-15(21)7-9-16/h4-11H,3,12-13H2,1-2H3,(H,22,27)(H,23,25). The average Bonchev–Trinajstić information content (AvgIpc) is 2.68. The van der Waals surface area contributed by atoms with Gasteiger partial charge in [-0.1, -0.05) is 11.6 Å². The van der Waals surface area contributed by atoms with Crippen molar-refractivity contribution in [3.8, 4) is 5.75 Å². The van der Waals surface area contributed by atoms with Crippen LogP contribution in [0.25, 0.3) is 0 Å². The van der Waals surface area contributed by atoms with Gasteiger partial charge in [0.25, 0.3) is 5.91 Å². The van der Waals surface area contributed by atoms with Crippen LogP contribution in [0, 0.1) is 0 Å². The van der Waals surface area contributed by atoms with E-state index in [1.54, 1.807) is 48.5 Å². The topological polar surface area (TPSA) is 87.7 Å². The first-order valence-corrected chi connectivity index (χ1v) is 9.07. The molecular weight excluding hydrogens is 382 g/mol. The molecule has 0 spiro atoms. The van der Waals surface area contributed by atoms with Crippen molar-refractivity contribution in [2.45, 2.75) is 6.92 Å². The lowest BCUT2D eigenvalue weighted by Crippen LogP contribution is -2.41. The van der Waals surface area contributed by atoms with Crippen molar-refractivity contribution in [1.29, 1.82) is 0 Å². The summed E-state index contributed by atoms with van der Waals surface area (Å²) in [5.74, 6) is -0.446. The highest BCUT2D eigenvalue weighted by Gasteiger charge is 2.15. The molecule has 2 rings (SSSR count). The van der Waals surface area contributed by atoms with Gasteiger partial charge in [-0.25, -0.2) is 0 Å². The third-order valence-corrected chi connectivity index (χ3v) is 4.01. The molecule has 0 heterocycles. The third kappa shape index (κ3) is 6.59. The third-order valence-electron chi connectivity index (χ3n) is 3.76. The number of rotatable bonds is 8. The monoisotopic (exact) mass is 403 g/mol. The van der Waals surface area contributed by atoms with E-state index in [-0.39, 0.29) is 30.8 Å². The van der Waals surface area contributed by atoms with Gasteiger partial charge < -0.3 is 20.3 Å². The molecule has 0 saturated heterocycles. The van der Waals surface area contributed by atoms with Gasteiger partial charge in [0, 0.05) is 23.3 Å². The number of carbonyl (C=O) groups is 3. The van der Waals surface area contributed by atoms with E-state index in [9.17, 15) is 14.4 Å². The summed E-state index contributed by atoms with van der Waals surface area (Å²) in [6.45, 7) is 2.06. The van der Waals surface area contributed by atoms with Gasteiger partial charge in [-0.3, -0.25) is 14.4 Å². The van der Waals surface area contributed by atoms with Crippen molar-refractivity contribution in [2.75, 3.05) is 32.1 Å². The molecular formula is C20H22ClN3O4. The molecule has 148 valence electrons. The Morgan fingerprint density at radius 2 is 1.68 bits per heavy atom. The summed E-state index contributed by atoms with van der Waals surface area (Å²) >= 11 is 5.79. The minimum Gasteiger partial charge on any atom is -0.494 e. The Morgan fingerprint density at radius 3 is 2.29 bits per heavy atom. The second kappa shape index (κ2) is 10.3. The summed E-state index contributed by atoms with van der Waals surface area (Å²) in [7, 11) is 1.49. The fourth-order valence-electron chi connectivity index (χ4n) is 2.30. The van der Waals surface area contributed by atoms with Crippen LogP contribution >= 0.6 is 11.6 Å².